The van der Waals surface area contributed by atoms with E-state index in [4.69, 9.17) is 11.6 Å². The highest BCUT2D eigenvalue weighted by molar-refractivity contribution is 7.91. The average Bonchev–Trinajstić information content (AvgIpc) is 2.80. The van der Waals surface area contributed by atoms with Crippen molar-refractivity contribution in [1.82, 2.24) is 14.0 Å². The van der Waals surface area contributed by atoms with Gasteiger partial charge in [0.2, 0.25) is 10.0 Å². The van der Waals surface area contributed by atoms with Gasteiger partial charge in [0.15, 0.2) is 5.82 Å². The van der Waals surface area contributed by atoms with Crippen LogP contribution in [0.3, 0.4) is 0 Å². The molecule has 1 atom stereocenters. The Kier molecular flexibility index (Phi) is 8.30. The molecule has 0 amide bonds. The first-order valence-electron chi connectivity index (χ1n) is 10.3. The van der Waals surface area contributed by atoms with Gasteiger partial charge in [-0.05, 0) is 23.8 Å². The molecule has 1 unspecified atom stereocenters. The monoisotopic (exact) mass is 562 g/mol. The fourth-order valence-corrected chi connectivity index (χ4v) is 5.94. The lowest BCUT2D eigenvalue weighted by Gasteiger charge is -2.34. The second-order valence-electron chi connectivity index (χ2n) is 7.75. The number of pyridine rings is 1. The van der Waals surface area contributed by atoms with Gasteiger partial charge < -0.3 is 0 Å². The van der Waals surface area contributed by atoms with Crippen LogP contribution in [0, 0.1) is 0 Å². The van der Waals surface area contributed by atoms with Gasteiger partial charge >= 0.3 is 16.4 Å². The number of hydrogen-bond donors (Lipinski definition) is 1. The summed E-state index contributed by atoms with van der Waals surface area (Å²) in [6, 6.07) is 16.1. The van der Waals surface area contributed by atoms with Gasteiger partial charge in [0.05, 0.1) is 15.5 Å². The molecule has 14 heteroatoms. The second kappa shape index (κ2) is 10.7. The molecule has 1 N–H and O–H groups in total. The quantitative estimate of drug-likeness (QED) is 0.399. The maximum Gasteiger partial charge on any atom is 0.417 e. The first kappa shape index (κ1) is 27.9. The molecule has 0 saturated heterocycles. The van der Waals surface area contributed by atoms with Crippen molar-refractivity contribution in [3.8, 4) is 0 Å². The van der Waals surface area contributed by atoms with Gasteiger partial charge in [0.25, 0.3) is 0 Å². The second-order valence-corrected chi connectivity index (χ2v) is 11.9. The molecular formula is C22H22ClF3N4O4S2. The SMILES string of the molecule is CN(C)S(=O)(=O)N(c1ncc(C(F)(F)F)cc1Cl)C(Cc1ccccc1)NS(=O)(=O)c1ccccc1. The van der Waals surface area contributed by atoms with Gasteiger partial charge in [-0.2, -0.15) is 30.6 Å². The lowest BCUT2D eigenvalue weighted by molar-refractivity contribution is -0.137. The molecule has 0 fully saturated rings. The lowest BCUT2D eigenvalue weighted by atomic mass is 10.1. The fraction of sp³-hybridized carbons (Fsp3) is 0.227. The number of aromatic nitrogens is 1. The summed E-state index contributed by atoms with van der Waals surface area (Å²) < 4.78 is 96.5. The topological polar surface area (TPSA) is 99.7 Å². The first-order chi connectivity index (χ1) is 16.7. The third kappa shape index (κ3) is 6.34. The molecule has 3 rings (SSSR count). The summed E-state index contributed by atoms with van der Waals surface area (Å²) in [5.74, 6) is -0.574. The van der Waals surface area contributed by atoms with Gasteiger partial charge in [0.1, 0.15) is 6.17 Å². The maximum absolute atomic E-state index is 13.4. The van der Waals surface area contributed by atoms with Crippen LogP contribution in [0.5, 0.6) is 0 Å². The lowest BCUT2D eigenvalue weighted by Crippen LogP contribution is -2.55. The Bertz CT molecular complexity index is 1410. The maximum atomic E-state index is 13.4. The van der Waals surface area contributed by atoms with E-state index in [0.29, 0.717) is 22.1 Å². The summed E-state index contributed by atoms with van der Waals surface area (Å²) >= 11 is 6.11. The molecule has 0 saturated carbocycles. The standard InChI is InChI=1S/C22H22ClF3N4O4S2/c1-29(2)36(33,34)30(21-19(23)14-17(15-27-21)22(24,25)26)20(13-16-9-5-3-6-10-16)28-35(31,32)18-11-7-4-8-12-18/h3-12,14-15,20,28H,13H2,1-2H3. The molecule has 2 aromatic carbocycles. The minimum atomic E-state index is -4.78. The minimum absolute atomic E-state index is 0.142. The van der Waals surface area contributed by atoms with Crippen LogP contribution < -0.4 is 9.03 Å². The van der Waals surface area contributed by atoms with Crippen molar-refractivity contribution in [3.63, 3.8) is 0 Å². The first-order valence-corrected chi connectivity index (χ1v) is 13.5. The zero-order chi connectivity index (χ0) is 26.7. The molecule has 0 aliphatic carbocycles. The number of nitrogens with zero attached hydrogens (tertiary/aromatic N) is 3. The Morgan fingerprint density at radius 2 is 1.53 bits per heavy atom. The van der Waals surface area contributed by atoms with Gasteiger partial charge in [-0.1, -0.05) is 60.1 Å². The molecule has 1 heterocycles. The number of hydrogen-bond acceptors (Lipinski definition) is 5. The molecule has 0 bridgehead atoms. The van der Waals surface area contributed by atoms with Crippen molar-refractivity contribution in [2.75, 3.05) is 18.4 Å². The highest BCUT2D eigenvalue weighted by Gasteiger charge is 2.39. The van der Waals surface area contributed by atoms with Gasteiger partial charge in [0, 0.05) is 26.7 Å². The Labute approximate surface area is 212 Å². The van der Waals surface area contributed by atoms with E-state index in [1.165, 1.54) is 38.4 Å². The van der Waals surface area contributed by atoms with Crippen LogP contribution in [0.15, 0.2) is 77.8 Å². The summed E-state index contributed by atoms with van der Waals surface area (Å²) in [6.07, 6.45) is -6.09. The zero-order valence-electron chi connectivity index (χ0n) is 19.0. The van der Waals surface area contributed by atoms with E-state index < -0.39 is 49.0 Å². The van der Waals surface area contributed by atoms with Gasteiger partial charge in [-0.15, -0.1) is 0 Å². The summed E-state index contributed by atoms with van der Waals surface area (Å²) in [4.78, 5) is 3.55. The van der Waals surface area contributed by atoms with E-state index in [0.717, 1.165) is 4.31 Å². The molecule has 0 spiro atoms. The van der Waals surface area contributed by atoms with Crippen LogP contribution >= 0.6 is 11.6 Å². The summed E-state index contributed by atoms with van der Waals surface area (Å²) in [5.41, 5.74) is -0.650. The van der Waals surface area contributed by atoms with Crippen LogP contribution in [-0.2, 0) is 32.8 Å². The van der Waals surface area contributed by atoms with E-state index >= 15 is 0 Å². The number of anilines is 1. The van der Waals surface area contributed by atoms with Crippen molar-refractivity contribution in [2.24, 2.45) is 0 Å². The molecule has 1 aromatic heterocycles. The smallest absolute Gasteiger partial charge is 0.236 e. The van der Waals surface area contributed by atoms with E-state index in [-0.39, 0.29) is 11.3 Å². The Morgan fingerprint density at radius 3 is 2.03 bits per heavy atom. The van der Waals surface area contributed by atoms with E-state index in [2.05, 4.69) is 9.71 Å². The minimum Gasteiger partial charge on any atom is -0.236 e. The van der Waals surface area contributed by atoms with Crippen LogP contribution in [-0.4, -0.2) is 46.4 Å². The highest BCUT2D eigenvalue weighted by Crippen LogP contribution is 2.35. The Morgan fingerprint density at radius 1 is 0.972 bits per heavy atom. The van der Waals surface area contributed by atoms with Crippen molar-refractivity contribution in [3.05, 3.63) is 89.1 Å². The molecule has 36 heavy (non-hydrogen) atoms. The number of nitrogens with one attached hydrogen (secondary N) is 1. The molecule has 8 nitrogen and oxygen atoms in total. The van der Waals surface area contributed by atoms with Crippen molar-refractivity contribution in [2.45, 2.75) is 23.7 Å². The molecule has 0 radical (unpaired) electrons. The summed E-state index contributed by atoms with van der Waals surface area (Å²) in [6.45, 7) is 0. The highest BCUT2D eigenvalue weighted by atomic mass is 35.5. The van der Waals surface area contributed by atoms with Crippen LogP contribution in [0.25, 0.3) is 0 Å². The molecule has 0 aliphatic rings. The van der Waals surface area contributed by atoms with Crippen molar-refractivity contribution >= 4 is 37.7 Å². The largest absolute Gasteiger partial charge is 0.417 e. The third-order valence-corrected chi connectivity index (χ3v) is 8.57. The van der Waals surface area contributed by atoms with Crippen molar-refractivity contribution in [1.29, 1.82) is 0 Å². The zero-order valence-corrected chi connectivity index (χ0v) is 21.4. The molecule has 0 aliphatic heterocycles. The predicted octanol–water partition coefficient (Wildman–Crippen LogP) is 3.91. The van der Waals surface area contributed by atoms with Crippen molar-refractivity contribution < 1.29 is 30.0 Å². The predicted molar refractivity (Wildman–Crippen MR) is 130 cm³/mol. The molecule has 194 valence electrons. The molecular weight excluding hydrogens is 541 g/mol. The third-order valence-electron chi connectivity index (χ3n) is 4.97. The number of rotatable bonds is 9. The van der Waals surface area contributed by atoms with E-state index in [1.807, 2.05) is 0 Å². The van der Waals surface area contributed by atoms with Crippen LogP contribution in [0.4, 0.5) is 19.0 Å². The number of halogens is 4. The normalized spacial score (nSPS) is 13.5. The average molecular weight is 563 g/mol. The Balaban J connectivity index is 2.21. The van der Waals surface area contributed by atoms with Gasteiger partial charge in [-0.25, -0.2) is 17.7 Å². The van der Waals surface area contributed by atoms with Gasteiger partial charge in [-0.3, -0.25) is 0 Å². The fourth-order valence-electron chi connectivity index (χ4n) is 3.20. The summed E-state index contributed by atoms with van der Waals surface area (Å²) in [5, 5.41) is -0.632. The number of sulfonamides is 1. The van der Waals surface area contributed by atoms with Crippen LogP contribution in [0.1, 0.15) is 11.1 Å². The summed E-state index contributed by atoms with van der Waals surface area (Å²) in [7, 11) is -6.44. The van der Waals surface area contributed by atoms with E-state index in [9.17, 15) is 30.0 Å². The van der Waals surface area contributed by atoms with Crippen LogP contribution in [0.2, 0.25) is 5.02 Å². The number of benzene rings is 2. The Hall–Kier alpha value is -2.71. The molecule has 3 aromatic rings. The number of alkyl halides is 3. The van der Waals surface area contributed by atoms with E-state index in [1.54, 1.807) is 36.4 Å².